The van der Waals surface area contributed by atoms with Gasteiger partial charge in [0.05, 0.1) is 38.2 Å². The maximum atomic E-state index is 12.3. The lowest BCUT2D eigenvalue weighted by atomic mass is 10.0. The fraction of sp³-hybridized carbons (Fsp3) is 0.312. The molecule has 7 rings (SSSR count). The second-order valence-corrected chi connectivity index (χ2v) is 15.7. The van der Waals surface area contributed by atoms with Crippen LogP contribution >= 0.6 is 0 Å². The monoisotopic (exact) mass is 891 g/mol. The van der Waals surface area contributed by atoms with Crippen LogP contribution < -0.4 is 31.9 Å². The number of nitrogens with zero attached hydrogens (tertiary/aromatic N) is 9. The van der Waals surface area contributed by atoms with E-state index in [4.69, 9.17) is 0 Å². The summed E-state index contributed by atoms with van der Waals surface area (Å²) >= 11 is 0. The van der Waals surface area contributed by atoms with Crippen LogP contribution in [0.1, 0.15) is 56.7 Å². The summed E-state index contributed by atoms with van der Waals surface area (Å²) in [5, 5.41) is 45.1. The van der Waals surface area contributed by atoms with Crippen molar-refractivity contribution in [2.75, 3.05) is 55.2 Å². The van der Waals surface area contributed by atoms with Gasteiger partial charge in [0.2, 0.25) is 17.7 Å². The Hall–Kier alpha value is -7.41. The number of amides is 3. The lowest BCUT2D eigenvalue weighted by Crippen LogP contribution is -2.21. The van der Waals surface area contributed by atoms with E-state index in [-0.39, 0.29) is 17.7 Å². The second-order valence-electron chi connectivity index (χ2n) is 15.7. The molecule has 342 valence electrons. The molecular formula is C48H57N15O3. The summed E-state index contributed by atoms with van der Waals surface area (Å²) in [5.41, 5.74) is 9.93. The van der Waals surface area contributed by atoms with Crippen LogP contribution in [0.25, 0.3) is 33.8 Å². The number of rotatable bonds is 24. The number of benzene rings is 4. The second kappa shape index (κ2) is 23.5. The van der Waals surface area contributed by atoms with E-state index in [9.17, 15) is 14.4 Å². The quantitative estimate of drug-likeness (QED) is 0.0420. The first kappa shape index (κ1) is 46.6. The molecule has 7 aromatic rings. The van der Waals surface area contributed by atoms with E-state index in [2.05, 4.69) is 81.0 Å². The highest BCUT2D eigenvalue weighted by Crippen LogP contribution is 2.24. The highest BCUT2D eigenvalue weighted by Gasteiger charge is 2.13. The highest BCUT2D eigenvalue weighted by molar-refractivity contribution is 5.92. The molecule has 18 heteroatoms. The number of hydrogen-bond donors (Lipinski definition) is 6. The first-order valence-corrected chi connectivity index (χ1v) is 22.4. The van der Waals surface area contributed by atoms with Crippen molar-refractivity contribution in [2.45, 2.75) is 59.7 Å². The van der Waals surface area contributed by atoms with Crippen LogP contribution in [0.3, 0.4) is 0 Å². The van der Waals surface area contributed by atoms with Crippen LogP contribution in [0.4, 0.5) is 17.1 Å². The molecule has 66 heavy (non-hydrogen) atoms. The fourth-order valence-electron chi connectivity index (χ4n) is 7.18. The van der Waals surface area contributed by atoms with Crippen molar-refractivity contribution < 1.29 is 14.4 Å². The SMILES string of the molecule is CCNCCC(=O)Nc1ccc(-c2cn(Cc3cc(Cn4cc(-c5ccc(NC(=O)CCNCC)cc5)nn4)cc(Cn4cc(-c5ccc(NC(=O)CCNCC)cc5)nn4)c3)nn2)cc1. The van der Waals surface area contributed by atoms with E-state index in [0.29, 0.717) is 75.6 Å². The summed E-state index contributed by atoms with van der Waals surface area (Å²) in [6.45, 7) is 11.7. The minimum atomic E-state index is -0.0434. The zero-order chi connectivity index (χ0) is 46.1. The van der Waals surface area contributed by atoms with Crippen LogP contribution in [-0.2, 0) is 34.0 Å². The standard InChI is InChI=1S/C48H57N15O3/c1-4-49-22-19-46(64)52-40-13-7-37(8-14-40)43-31-61(58-55-43)28-34-25-35(29-62-32-44(56-59-62)38-9-15-41(16-10-38)53-47(65)20-23-50-5-2)27-36(26-34)30-63-33-45(57-60-63)39-11-17-42(18-12-39)54-48(66)21-24-51-6-3/h7-18,25-27,31-33,49-51H,4-6,19-24,28-30H2,1-3H3,(H,52,64)(H,53,65)(H,54,66). The van der Waals surface area contributed by atoms with Crippen molar-refractivity contribution in [3.8, 4) is 33.8 Å². The number of nitrogens with one attached hydrogen (secondary N) is 6. The third kappa shape index (κ3) is 13.8. The minimum absolute atomic E-state index is 0.0434. The molecule has 0 bridgehead atoms. The maximum absolute atomic E-state index is 12.3. The molecule has 0 aliphatic rings. The molecular weight excluding hydrogens is 835 g/mol. The first-order chi connectivity index (χ1) is 32.2. The average molecular weight is 892 g/mol. The summed E-state index contributed by atoms with van der Waals surface area (Å²) in [6, 6.07) is 29.1. The predicted molar refractivity (Wildman–Crippen MR) is 255 cm³/mol. The molecule has 0 atom stereocenters. The molecule has 0 saturated heterocycles. The topological polar surface area (TPSA) is 216 Å². The molecule has 0 spiro atoms. The molecule has 0 unspecified atom stereocenters. The average Bonchev–Trinajstić information content (AvgIpc) is 4.10. The molecule has 0 fully saturated rings. The van der Waals surface area contributed by atoms with Gasteiger partial charge in [-0.25, -0.2) is 14.0 Å². The number of carbonyl (C=O) groups excluding carboxylic acids is 3. The van der Waals surface area contributed by atoms with Crippen molar-refractivity contribution >= 4 is 34.8 Å². The summed E-state index contributed by atoms with van der Waals surface area (Å²) in [4.78, 5) is 36.9. The van der Waals surface area contributed by atoms with Crippen molar-refractivity contribution in [3.63, 3.8) is 0 Å². The van der Waals surface area contributed by atoms with Gasteiger partial charge < -0.3 is 31.9 Å². The van der Waals surface area contributed by atoms with Gasteiger partial charge in [-0.15, -0.1) is 15.3 Å². The molecule has 3 amide bonds. The largest absolute Gasteiger partial charge is 0.326 e. The Balaban J connectivity index is 1.06. The Morgan fingerprint density at radius 1 is 0.424 bits per heavy atom. The summed E-state index contributed by atoms with van der Waals surface area (Å²) < 4.78 is 5.41. The minimum Gasteiger partial charge on any atom is -0.326 e. The molecule has 18 nitrogen and oxygen atoms in total. The summed E-state index contributed by atoms with van der Waals surface area (Å²) in [6.07, 6.45) is 6.92. The van der Waals surface area contributed by atoms with Crippen molar-refractivity contribution in [1.29, 1.82) is 0 Å². The van der Waals surface area contributed by atoms with Crippen LogP contribution in [0.2, 0.25) is 0 Å². The van der Waals surface area contributed by atoms with Crippen molar-refractivity contribution in [2.24, 2.45) is 0 Å². The van der Waals surface area contributed by atoms with Crippen LogP contribution in [0.15, 0.2) is 110 Å². The molecule has 0 radical (unpaired) electrons. The van der Waals surface area contributed by atoms with Gasteiger partial charge in [0, 0.05) is 72.6 Å². The molecule has 4 aromatic carbocycles. The van der Waals surface area contributed by atoms with Gasteiger partial charge in [-0.2, -0.15) is 0 Å². The third-order valence-electron chi connectivity index (χ3n) is 10.5. The summed E-state index contributed by atoms with van der Waals surface area (Å²) in [5.74, 6) is -0.130. The van der Waals surface area contributed by atoms with Gasteiger partial charge >= 0.3 is 0 Å². The van der Waals surface area contributed by atoms with Gasteiger partial charge in [-0.05, 0) is 72.7 Å². The Bertz CT molecular complexity index is 2350. The molecule has 0 aliphatic carbocycles. The van der Waals surface area contributed by atoms with Gasteiger partial charge in [0.25, 0.3) is 0 Å². The Kier molecular flexibility index (Phi) is 16.6. The van der Waals surface area contributed by atoms with E-state index in [1.54, 1.807) is 14.0 Å². The zero-order valence-corrected chi connectivity index (χ0v) is 37.6. The molecule has 3 heterocycles. The van der Waals surface area contributed by atoms with Crippen molar-refractivity contribution in [3.05, 3.63) is 126 Å². The lowest BCUT2D eigenvalue weighted by molar-refractivity contribution is -0.116. The maximum Gasteiger partial charge on any atom is 0.225 e. The molecule has 0 saturated carbocycles. The van der Waals surface area contributed by atoms with Gasteiger partial charge in [0.15, 0.2) is 0 Å². The number of aromatic nitrogens is 9. The van der Waals surface area contributed by atoms with Gasteiger partial charge in [0.1, 0.15) is 17.1 Å². The lowest BCUT2D eigenvalue weighted by Gasteiger charge is -2.10. The smallest absolute Gasteiger partial charge is 0.225 e. The normalized spacial score (nSPS) is 11.1. The summed E-state index contributed by atoms with van der Waals surface area (Å²) in [7, 11) is 0. The Morgan fingerprint density at radius 3 is 0.955 bits per heavy atom. The first-order valence-electron chi connectivity index (χ1n) is 22.4. The molecule has 3 aromatic heterocycles. The number of carbonyl (C=O) groups is 3. The van der Waals surface area contributed by atoms with E-state index in [1.165, 1.54) is 0 Å². The van der Waals surface area contributed by atoms with E-state index in [0.717, 1.165) is 70.1 Å². The highest BCUT2D eigenvalue weighted by atomic mass is 16.2. The Labute approximate surface area is 384 Å². The predicted octanol–water partition coefficient (Wildman–Crippen LogP) is 5.42. The van der Waals surface area contributed by atoms with Gasteiger partial charge in [-0.1, -0.05) is 91.0 Å². The van der Waals surface area contributed by atoms with Crippen LogP contribution in [0, 0.1) is 0 Å². The Morgan fingerprint density at radius 2 is 0.697 bits per heavy atom. The van der Waals surface area contributed by atoms with Crippen LogP contribution in [-0.4, -0.2) is 102 Å². The van der Waals surface area contributed by atoms with Gasteiger partial charge in [-0.3, -0.25) is 14.4 Å². The van der Waals surface area contributed by atoms with E-state index >= 15 is 0 Å². The van der Waals surface area contributed by atoms with Crippen molar-refractivity contribution in [1.82, 2.24) is 60.9 Å². The number of hydrogen-bond acceptors (Lipinski definition) is 12. The van der Waals surface area contributed by atoms with E-state index in [1.807, 2.05) is 112 Å². The van der Waals surface area contributed by atoms with Crippen LogP contribution in [0.5, 0.6) is 0 Å². The van der Waals surface area contributed by atoms with E-state index < -0.39 is 0 Å². The molecule has 6 N–H and O–H groups in total. The number of anilines is 3. The zero-order valence-electron chi connectivity index (χ0n) is 37.6. The molecule has 0 aliphatic heterocycles. The fourth-order valence-corrected chi connectivity index (χ4v) is 7.18. The third-order valence-corrected chi connectivity index (χ3v) is 10.5.